The third-order valence-corrected chi connectivity index (χ3v) is 5.37. The van der Waals surface area contributed by atoms with E-state index in [0.717, 1.165) is 0 Å². The molecule has 0 aromatic carbocycles. The molecule has 33 heavy (non-hydrogen) atoms. The number of amides is 3. The molecule has 0 radical (unpaired) electrons. The van der Waals surface area contributed by atoms with E-state index in [2.05, 4.69) is 25.9 Å². The number of hydrogen-bond acceptors (Lipinski definition) is 9. The molecule has 1 aromatic rings. The highest BCUT2D eigenvalue weighted by Crippen LogP contribution is 2.05. The Morgan fingerprint density at radius 2 is 1.70 bits per heavy atom. The average Bonchev–Trinajstić information content (AvgIpc) is 3.25. The number of rotatable bonds is 14. The van der Waals surface area contributed by atoms with E-state index in [-0.39, 0.29) is 12.8 Å². The summed E-state index contributed by atoms with van der Waals surface area (Å²) in [7, 11) is 0. The number of nitrogens with one attached hydrogen (secondary N) is 4. The number of carboxylic acid groups (broad SMARTS) is 1. The first kappa shape index (κ1) is 28.4. The number of hydrogen-bond donors (Lipinski definition) is 8. The van der Waals surface area contributed by atoms with E-state index in [1.165, 1.54) is 38.1 Å². The summed E-state index contributed by atoms with van der Waals surface area (Å²) in [6.07, 6.45) is 2.17. The van der Waals surface area contributed by atoms with E-state index in [1.807, 2.05) is 0 Å². The zero-order chi connectivity index (χ0) is 25.1. The van der Waals surface area contributed by atoms with Crippen LogP contribution >= 0.6 is 11.8 Å². The van der Waals surface area contributed by atoms with Gasteiger partial charge in [-0.15, -0.1) is 0 Å². The largest absolute Gasteiger partial charge is 0.480 e. The zero-order valence-corrected chi connectivity index (χ0v) is 19.5. The normalized spacial score (nSPS) is 16.5. The van der Waals surface area contributed by atoms with E-state index in [0.29, 0.717) is 11.4 Å². The first-order valence-electron chi connectivity index (χ1n) is 10.2. The Morgan fingerprint density at radius 1 is 1.06 bits per heavy atom. The standard InChI is InChI=1S/C19H32N6O7S/c1-9(26)14(20)17(29)25-15(10(2)27)18(30)24-13(6-11-7-21-8-22-11)16(28)23-12(19(31)32)4-5-33-3/h7-10,12-15,26-27H,4-6,20H2,1-3H3,(H,21,22)(H,23,28)(H,24,30)(H,25,29)(H,31,32). The predicted octanol–water partition coefficient (Wildman–Crippen LogP) is -2.67. The maximum atomic E-state index is 12.9. The van der Waals surface area contributed by atoms with Crippen LogP contribution in [-0.2, 0) is 25.6 Å². The lowest BCUT2D eigenvalue weighted by molar-refractivity contribution is -0.142. The van der Waals surface area contributed by atoms with Crippen LogP contribution in [0.2, 0.25) is 0 Å². The summed E-state index contributed by atoms with van der Waals surface area (Å²) < 4.78 is 0. The van der Waals surface area contributed by atoms with Crippen LogP contribution in [0.5, 0.6) is 0 Å². The molecule has 14 heteroatoms. The number of aromatic nitrogens is 2. The van der Waals surface area contributed by atoms with Gasteiger partial charge in [-0.25, -0.2) is 9.78 Å². The molecule has 3 amide bonds. The van der Waals surface area contributed by atoms with Gasteiger partial charge in [-0.3, -0.25) is 14.4 Å². The fourth-order valence-electron chi connectivity index (χ4n) is 2.73. The van der Waals surface area contributed by atoms with Crippen LogP contribution in [0.1, 0.15) is 26.0 Å². The van der Waals surface area contributed by atoms with Crippen LogP contribution in [-0.4, -0.2) is 97.4 Å². The summed E-state index contributed by atoms with van der Waals surface area (Å²) >= 11 is 1.42. The smallest absolute Gasteiger partial charge is 0.326 e. The van der Waals surface area contributed by atoms with Gasteiger partial charge < -0.3 is 42.0 Å². The van der Waals surface area contributed by atoms with Gasteiger partial charge in [0.05, 0.1) is 18.5 Å². The van der Waals surface area contributed by atoms with Crippen molar-refractivity contribution >= 4 is 35.5 Å². The highest BCUT2D eigenvalue weighted by atomic mass is 32.2. The maximum Gasteiger partial charge on any atom is 0.326 e. The molecule has 13 nitrogen and oxygen atoms in total. The Balaban J connectivity index is 3.02. The molecule has 0 aliphatic rings. The number of aliphatic hydroxyl groups excluding tert-OH is 2. The molecule has 9 N–H and O–H groups in total. The zero-order valence-electron chi connectivity index (χ0n) is 18.6. The summed E-state index contributed by atoms with van der Waals surface area (Å²) in [5, 5.41) is 36.0. The Hall–Kier alpha value is -2.68. The number of imidazole rings is 1. The van der Waals surface area contributed by atoms with Crippen molar-refractivity contribution in [3.8, 4) is 0 Å². The Morgan fingerprint density at radius 3 is 2.18 bits per heavy atom. The van der Waals surface area contributed by atoms with Crippen LogP contribution in [0.15, 0.2) is 12.5 Å². The molecular weight excluding hydrogens is 456 g/mol. The van der Waals surface area contributed by atoms with E-state index < -0.39 is 60.1 Å². The van der Waals surface area contributed by atoms with Crippen molar-refractivity contribution in [1.82, 2.24) is 25.9 Å². The van der Waals surface area contributed by atoms with Crippen LogP contribution in [0.4, 0.5) is 0 Å². The highest BCUT2D eigenvalue weighted by molar-refractivity contribution is 7.98. The van der Waals surface area contributed by atoms with Crippen molar-refractivity contribution in [3.05, 3.63) is 18.2 Å². The number of H-pyrrole nitrogens is 1. The number of carbonyl (C=O) groups excluding carboxylic acids is 3. The van der Waals surface area contributed by atoms with Crippen LogP contribution in [0.3, 0.4) is 0 Å². The third kappa shape index (κ3) is 9.37. The minimum absolute atomic E-state index is 0.0555. The van der Waals surface area contributed by atoms with Gasteiger partial charge in [0.15, 0.2) is 0 Å². The van der Waals surface area contributed by atoms with Gasteiger partial charge >= 0.3 is 5.97 Å². The SMILES string of the molecule is CSCCC(NC(=O)C(Cc1cnc[nH]1)NC(=O)C(NC(=O)C(N)C(C)O)C(C)O)C(=O)O. The third-order valence-electron chi connectivity index (χ3n) is 4.72. The van der Waals surface area contributed by atoms with E-state index in [1.54, 1.807) is 6.26 Å². The molecule has 0 aliphatic heterocycles. The molecule has 0 saturated carbocycles. The van der Waals surface area contributed by atoms with Crippen molar-refractivity contribution in [3.63, 3.8) is 0 Å². The number of nitrogens with zero attached hydrogens (tertiary/aromatic N) is 1. The molecule has 6 unspecified atom stereocenters. The van der Waals surface area contributed by atoms with Crippen molar-refractivity contribution in [2.75, 3.05) is 12.0 Å². The lowest BCUT2D eigenvalue weighted by Crippen LogP contribution is -2.61. The molecule has 186 valence electrons. The number of aliphatic hydroxyl groups is 2. The number of aliphatic carboxylic acids is 1. The maximum absolute atomic E-state index is 12.9. The van der Waals surface area contributed by atoms with Gasteiger partial charge in [0.2, 0.25) is 17.7 Å². The van der Waals surface area contributed by atoms with E-state index in [4.69, 9.17) is 5.73 Å². The van der Waals surface area contributed by atoms with Crippen molar-refractivity contribution in [1.29, 1.82) is 0 Å². The summed E-state index contributed by atoms with van der Waals surface area (Å²) in [5.41, 5.74) is 6.05. The molecule has 0 spiro atoms. The number of aromatic amines is 1. The molecule has 1 heterocycles. The van der Waals surface area contributed by atoms with Gasteiger partial charge in [-0.1, -0.05) is 0 Å². The first-order chi connectivity index (χ1) is 15.5. The minimum atomic E-state index is -1.48. The minimum Gasteiger partial charge on any atom is -0.480 e. The molecule has 0 bridgehead atoms. The molecule has 1 rings (SSSR count). The molecular formula is C19H32N6O7S. The van der Waals surface area contributed by atoms with Gasteiger partial charge in [0.25, 0.3) is 0 Å². The monoisotopic (exact) mass is 488 g/mol. The first-order valence-corrected chi connectivity index (χ1v) is 11.6. The quantitative estimate of drug-likeness (QED) is 0.136. The van der Waals surface area contributed by atoms with Crippen LogP contribution < -0.4 is 21.7 Å². The predicted molar refractivity (Wildman–Crippen MR) is 120 cm³/mol. The average molecular weight is 489 g/mol. The van der Waals surface area contributed by atoms with Gasteiger partial charge in [0.1, 0.15) is 24.2 Å². The Kier molecular flexibility index (Phi) is 11.8. The second-order valence-electron chi connectivity index (χ2n) is 7.52. The van der Waals surface area contributed by atoms with Crippen molar-refractivity contribution in [2.45, 2.75) is 63.1 Å². The Labute approximate surface area is 195 Å². The summed E-state index contributed by atoms with van der Waals surface area (Å²) in [4.78, 5) is 56.0. The summed E-state index contributed by atoms with van der Waals surface area (Å²) in [6, 6.07) is -5.22. The van der Waals surface area contributed by atoms with Crippen molar-refractivity contribution in [2.24, 2.45) is 5.73 Å². The topological polar surface area (TPSA) is 220 Å². The molecule has 6 atom stereocenters. The van der Waals surface area contributed by atoms with Crippen LogP contribution in [0.25, 0.3) is 0 Å². The number of carbonyl (C=O) groups is 4. The second-order valence-corrected chi connectivity index (χ2v) is 8.50. The lowest BCUT2D eigenvalue weighted by atomic mass is 10.1. The van der Waals surface area contributed by atoms with Gasteiger partial charge in [0, 0.05) is 18.3 Å². The molecule has 0 aliphatic carbocycles. The fraction of sp³-hybridized carbons (Fsp3) is 0.632. The lowest BCUT2D eigenvalue weighted by Gasteiger charge is -2.26. The fourth-order valence-corrected chi connectivity index (χ4v) is 3.20. The summed E-state index contributed by atoms with van der Waals surface area (Å²) in [6.45, 7) is 2.55. The van der Waals surface area contributed by atoms with E-state index in [9.17, 15) is 34.5 Å². The van der Waals surface area contributed by atoms with Gasteiger partial charge in [-0.2, -0.15) is 11.8 Å². The number of carboxylic acids is 1. The molecule has 1 aromatic heterocycles. The highest BCUT2D eigenvalue weighted by Gasteiger charge is 2.33. The van der Waals surface area contributed by atoms with Gasteiger partial charge in [-0.05, 0) is 32.3 Å². The molecule has 0 saturated heterocycles. The van der Waals surface area contributed by atoms with E-state index >= 15 is 0 Å². The second kappa shape index (κ2) is 13.8. The Bertz CT molecular complexity index is 790. The van der Waals surface area contributed by atoms with Crippen LogP contribution in [0, 0.1) is 0 Å². The molecule has 0 fully saturated rings. The summed E-state index contributed by atoms with van der Waals surface area (Å²) in [5.74, 6) is -3.25. The van der Waals surface area contributed by atoms with Crippen molar-refractivity contribution < 1.29 is 34.5 Å². The number of nitrogens with two attached hydrogens (primary N) is 1. The number of thioether (sulfide) groups is 1.